The predicted molar refractivity (Wildman–Crippen MR) is 168 cm³/mol. The molecule has 0 spiro atoms. The van der Waals surface area contributed by atoms with Gasteiger partial charge in [-0.1, -0.05) is 84.9 Å². The van der Waals surface area contributed by atoms with Crippen LogP contribution >= 0.6 is 0 Å². The van der Waals surface area contributed by atoms with E-state index >= 15 is 0 Å². The van der Waals surface area contributed by atoms with E-state index in [4.69, 9.17) is 4.42 Å². The van der Waals surface area contributed by atoms with Crippen LogP contribution in [-0.4, -0.2) is 4.57 Å². The minimum atomic E-state index is 0.909. The van der Waals surface area contributed by atoms with Crippen molar-refractivity contribution < 1.29 is 4.42 Å². The second-order valence-electron chi connectivity index (χ2n) is 10.6. The van der Waals surface area contributed by atoms with Gasteiger partial charge in [0.1, 0.15) is 11.3 Å². The van der Waals surface area contributed by atoms with Crippen LogP contribution < -0.4 is 0 Å². The molecular weight excluding hydrogens is 486 g/mol. The molecule has 0 aliphatic rings. The fourth-order valence-corrected chi connectivity index (χ4v) is 6.52. The van der Waals surface area contributed by atoms with Gasteiger partial charge in [0.15, 0.2) is 0 Å². The van der Waals surface area contributed by atoms with Gasteiger partial charge in [-0.3, -0.25) is 0 Å². The summed E-state index contributed by atoms with van der Waals surface area (Å²) in [5, 5.41) is 9.93. The molecule has 0 N–H and O–H groups in total. The lowest BCUT2D eigenvalue weighted by Crippen LogP contribution is -1.96. The van der Waals surface area contributed by atoms with E-state index in [1.807, 2.05) is 12.1 Å². The molecule has 40 heavy (non-hydrogen) atoms. The fourth-order valence-electron chi connectivity index (χ4n) is 6.52. The van der Waals surface area contributed by atoms with Gasteiger partial charge in [-0.2, -0.15) is 0 Å². The van der Waals surface area contributed by atoms with Crippen LogP contribution in [0.15, 0.2) is 144 Å². The van der Waals surface area contributed by atoms with E-state index in [1.54, 1.807) is 0 Å². The van der Waals surface area contributed by atoms with E-state index in [9.17, 15) is 0 Å². The maximum absolute atomic E-state index is 6.30. The van der Waals surface area contributed by atoms with Crippen LogP contribution in [0.25, 0.3) is 82.5 Å². The van der Waals surface area contributed by atoms with E-state index in [-0.39, 0.29) is 0 Å². The Bertz CT molecular complexity index is 2320. The predicted octanol–water partition coefficient (Wildman–Crippen LogP) is 10.6. The standard InChI is InChI=1S/C38H23NO/c1-2-10-30(11-3-1)39-33-12-6-4-8-25(33)22-34(39)29-20-27-15-14-24-16-18-31(32-19-17-28(21-29)37(27)38(24)32)36-23-26-9-5-7-13-35(26)40-36/h1-23H. The summed E-state index contributed by atoms with van der Waals surface area (Å²) in [7, 11) is 0. The van der Waals surface area contributed by atoms with Crippen molar-refractivity contribution in [2.75, 3.05) is 0 Å². The first-order valence-corrected chi connectivity index (χ1v) is 13.7. The Morgan fingerprint density at radius 2 is 1.18 bits per heavy atom. The Morgan fingerprint density at radius 1 is 0.475 bits per heavy atom. The van der Waals surface area contributed by atoms with E-state index in [0.29, 0.717) is 0 Å². The number of fused-ring (bicyclic) bond motifs is 2. The third-order valence-corrected chi connectivity index (χ3v) is 8.31. The van der Waals surface area contributed by atoms with Crippen molar-refractivity contribution in [2.45, 2.75) is 0 Å². The van der Waals surface area contributed by atoms with Crippen molar-refractivity contribution in [3.63, 3.8) is 0 Å². The SMILES string of the molecule is c1ccc(-n2c(-c3cc4ccc5ccc(-c6cc7ccccc7o6)c6ccc(c3)c4c56)cc3ccccc32)cc1. The van der Waals surface area contributed by atoms with Crippen molar-refractivity contribution in [2.24, 2.45) is 0 Å². The number of furan rings is 1. The second kappa shape index (κ2) is 8.08. The molecule has 0 aliphatic heterocycles. The number of benzene rings is 7. The van der Waals surface area contributed by atoms with Gasteiger partial charge in [-0.15, -0.1) is 0 Å². The Morgan fingerprint density at radius 3 is 2.02 bits per heavy atom. The number of rotatable bonds is 3. The molecular formula is C38H23NO. The summed E-state index contributed by atoms with van der Waals surface area (Å²) < 4.78 is 8.68. The second-order valence-corrected chi connectivity index (χ2v) is 10.6. The van der Waals surface area contributed by atoms with Crippen molar-refractivity contribution in [3.05, 3.63) is 140 Å². The lowest BCUT2D eigenvalue weighted by molar-refractivity contribution is 0.632. The summed E-state index contributed by atoms with van der Waals surface area (Å²) in [6.45, 7) is 0. The van der Waals surface area contributed by atoms with Crippen molar-refractivity contribution >= 4 is 54.2 Å². The smallest absolute Gasteiger partial charge is 0.136 e. The quantitative estimate of drug-likeness (QED) is 0.217. The maximum Gasteiger partial charge on any atom is 0.136 e. The normalized spacial score (nSPS) is 12.0. The van der Waals surface area contributed by atoms with Crippen LogP contribution in [0.4, 0.5) is 0 Å². The Hall–Kier alpha value is -5.34. The summed E-state index contributed by atoms with van der Waals surface area (Å²) in [6, 6.07) is 50.1. The third kappa shape index (κ3) is 3.05. The molecule has 0 radical (unpaired) electrons. The highest BCUT2D eigenvalue weighted by Crippen LogP contribution is 2.42. The highest BCUT2D eigenvalue weighted by Gasteiger charge is 2.18. The van der Waals surface area contributed by atoms with E-state index in [0.717, 1.165) is 22.3 Å². The minimum absolute atomic E-state index is 0.909. The van der Waals surface area contributed by atoms with Gasteiger partial charge < -0.3 is 8.98 Å². The molecule has 2 heteroatoms. The van der Waals surface area contributed by atoms with Gasteiger partial charge in [-0.05, 0) is 92.5 Å². The van der Waals surface area contributed by atoms with Gasteiger partial charge >= 0.3 is 0 Å². The number of nitrogens with zero attached hydrogens (tertiary/aromatic N) is 1. The summed E-state index contributed by atoms with van der Waals surface area (Å²) in [6.07, 6.45) is 0. The molecule has 0 unspecified atom stereocenters. The lowest BCUT2D eigenvalue weighted by atomic mass is 9.90. The maximum atomic E-state index is 6.30. The third-order valence-electron chi connectivity index (χ3n) is 8.31. The van der Waals surface area contributed by atoms with Gasteiger partial charge in [0.25, 0.3) is 0 Å². The van der Waals surface area contributed by atoms with Crippen LogP contribution in [0.1, 0.15) is 0 Å². The zero-order chi connectivity index (χ0) is 26.2. The molecule has 2 aromatic heterocycles. The molecule has 0 saturated carbocycles. The summed E-state index contributed by atoms with van der Waals surface area (Å²) in [5.74, 6) is 0.909. The summed E-state index contributed by atoms with van der Waals surface area (Å²) in [4.78, 5) is 0. The number of para-hydroxylation sites is 3. The zero-order valence-electron chi connectivity index (χ0n) is 21.6. The van der Waals surface area contributed by atoms with Crippen LogP contribution in [0.2, 0.25) is 0 Å². The number of aromatic nitrogens is 1. The van der Waals surface area contributed by atoms with Gasteiger partial charge in [0.2, 0.25) is 0 Å². The molecule has 9 rings (SSSR count). The van der Waals surface area contributed by atoms with Crippen LogP contribution in [0.5, 0.6) is 0 Å². The molecule has 186 valence electrons. The minimum Gasteiger partial charge on any atom is -0.456 e. The Labute approximate surface area is 230 Å². The van der Waals surface area contributed by atoms with Crippen LogP contribution in [-0.2, 0) is 0 Å². The van der Waals surface area contributed by atoms with E-state index in [2.05, 4.69) is 132 Å². The molecule has 0 aliphatic carbocycles. The average molecular weight is 510 g/mol. The molecule has 7 aromatic carbocycles. The summed E-state index contributed by atoms with van der Waals surface area (Å²) >= 11 is 0. The molecule has 2 nitrogen and oxygen atoms in total. The number of hydrogen-bond acceptors (Lipinski definition) is 1. The monoisotopic (exact) mass is 509 g/mol. The lowest BCUT2D eigenvalue weighted by Gasteiger charge is -2.16. The Balaban J connectivity index is 1.31. The van der Waals surface area contributed by atoms with Gasteiger partial charge in [0, 0.05) is 22.0 Å². The highest BCUT2D eigenvalue weighted by atomic mass is 16.3. The van der Waals surface area contributed by atoms with Crippen molar-refractivity contribution in [1.82, 2.24) is 4.57 Å². The van der Waals surface area contributed by atoms with Crippen molar-refractivity contribution in [3.8, 4) is 28.3 Å². The molecule has 2 heterocycles. The molecule has 0 atom stereocenters. The first kappa shape index (κ1) is 21.6. The molecule has 0 fully saturated rings. The van der Waals surface area contributed by atoms with Crippen LogP contribution in [0.3, 0.4) is 0 Å². The first-order valence-electron chi connectivity index (χ1n) is 13.7. The molecule has 0 amide bonds. The molecule has 9 aromatic rings. The molecule has 0 saturated heterocycles. The molecule has 0 bridgehead atoms. The van der Waals surface area contributed by atoms with E-state index < -0.39 is 0 Å². The van der Waals surface area contributed by atoms with Gasteiger partial charge in [-0.25, -0.2) is 0 Å². The van der Waals surface area contributed by atoms with E-state index in [1.165, 1.54) is 60.2 Å². The van der Waals surface area contributed by atoms with Gasteiger partial charge in [0.05, 0.1) is 11.2 Å². The van der Waals surface area contributed by atoms with Crippen LogP contribution in [0, 0.1) is 0 Å². The topological polar surface area (TPSA) is 18.1 Å². The van der Waals surface area contributed by atoms with Crippen molar-refractivity contribution in [1.29, 1.82) is 0 Å². The first-order chi connectivity index (χ1) is 19.8. The highest BCUT2D eigenvalue weighted by molar-refractivity contribution is 6.26. The number of hydrogen-bond donors (Lipinski definition) is 0. The summed E-state index contributed by atoms with van der Waals surface area (Å²) in [5.41, 5.74) is 6.83. The Kier molecular flexibility index (Phi) is 4.36. The largest absolute Gasteiger partial charge is 0.456 e. The average Bonchev–Trinajstić information content (AvgIpc) is 3.62. The zero-order valence-corrected chi connectivity index (χ0v) is 21.6. The fraction of sp³-hybridized carbons (Fsp3) is 0.